The molecule has 1 saturated carbocycles. The molecule has 0 N–H and O–H groups in total. The molecular weight excluding hydrogens is 160 g/mol. The maximum atomic E-state index is 5.66. The van der Waals surface area contributed by atoms with Gasteiger partial charge in [-0.2, -0.15) is 0 Å². The van der Waals surface area contributed by atoms with Gasteiger partial charge in [0.25, 0.3) is 0 Å². The van der Waals surface area contributed by atoms with Gasteiger partial charge >= 0.3 is 0 Å². The van der Waals surface area contributed by atoms with Gasteiger partial charge in [-0.25, -0.2) is 0 Å². The monoisotopic (exact) mass is 182 g/mol. The number of ether oxygens (including phenoxy) is 1. The van der Waals surface area contributed by atoms with E-state index in [1.165, 1.54) is 51.4 Å². The fourth-order valence-electron chi connectivity index (χ4n) is 2.42. The first kappa shape index (κ1) is 9.51. The standard InChI is InChI=1S/C12H22O/c1-2-4-6-8-13-10-12-9-11(12)7-5-3-1/h11-12H,1-10H2/t11-,12-/m1/s1. The van der Waals surface area contributed by atoms with E-state index < -0.39 is 0 Å². The van der Waals surface area contributed by atoms with Crippen LogP contribution in [0.4, 0.5) is 0 Å². The van der Waals surface area contributed by atoms with Crippen molar-refractivity contribution in [2.45, 2.75) is 51.4 Å². The van der Waals surface area contributed by atoms with Crippen LogP contribution in [-0.4, -0.2) is 13.2 Å². The SMILES string of the molecule is C1CCCC[C@@H]2C[C@@H]2COCCC1. The molecule has 1 aliphatic heterocycles. The third-order valence-corrected chi connectivity index (χ3v) is 3.51. The first-order chi connectivity index (χ1) is 6.47. The molecular formula is C12H22O. The number of hydrogen-bond donors (Lipinski definition) is 0. The maximum absolute atomic E-state index is 5.66. The lowest BCUT2D eigenvalue weighted by Crippen LogP contribution is -2.01. The van der Waals surface area contributed by atoms with Gasteiger partial charge in [0.2, 0.25) is 0 Å². The van der Waals surface area contributed by atoms with Crippen LogP contribution in [0.5, 0.6) is 0 Å². The molecule has 0 amide bonds. The molecule has 13 heavy (non-hydrogen) atoms. The van der Waals surface area contributed by atoms with E-state index in [-0.39, 0.29) is 0 Å². The molecule has 1 nitrogen and oxygen atoms in total. The number of hydrogen-bond acceptors (Lipinski definition) is 1. The Kier molecular flexibility index (Phi) is 3.65. The summed E-state index contributed by atoms with van der Waals surface area (Å²) >= 11 is 0. The summed E-state index contributed by atoms with van der Waals surface area (Å²) < 4.78 is 5.66. The molecule has 0 aromatic carbocycles. The summed E-state index contributed by atoms with van der Waals surface area (Å²) in [7, 11) is 0. The first-order valence-corrected chi connectivity index (χ1v) is 6.04. The van der Waals surface area contributed by atoms with Gasteiger partial charge in [0.15, 0.2) is 0 Å². The topological polar surface area (TPSA) is 9.23 Å². The smallest absolute Gasteiger partial charge is 0.0497 e. The molecule has 1 heterocycles. The van der Waals surface area contributed by atoms with E-state index in [2.05, 4.69) is 0 Å². The van der Waals surface area contributed by atoms with Gasteiger partial charge in [0.05, 0.1) is 0 Å². The highest BCUT2D eigenvalue weighted by atomic mass is 16.5. The minimum absolute atomic E-state index is 0.944. The van der Waals surface area contributed by atoms with E-state index in [4.69, 9.17) is 4.74 Å². The van der Waals surface area contributed by atoms with Crippen LogP contribution in [0.3, 0.4) is 0 Å². The van der Waals surface area contributed by atoms with Crippen LogP contribution in [0.2, 0.25) is 0 Å². The van der Waals surface area contributed by atoms with Crippen LogP contribution in [0, 0.1) is 11.8 Å². The fraction of sp³-hybridized carbons (Fsp3) is 1.00. The summed E-state index contributed by atoms with van der Waals surface area (Å²) in [5, 5.41) is 0. The van der Waals surface area contributed by atoms with E-state index in [0.29, 0.717) is 0 Å². The minimum Gasteiger partial charge on any atom is -0.381 e. The van der Waals surface area contributed by atoms with Crippen molar-refractivity contribution in [3.05, 3.63) is 0 Å². The van der Waals surface area contributed by atoms with Crippen molar-refractivity contribution >= 4 is 0 Å². The second kappa shape index (κ2) is 4.99. The third kappa shape index (κ3) is 3.30. The molecule has 1 saturated heterocycles. The van der Waals surface area contributed by atoms with Crippen molar-refractivity contribution in [1.29, 1.82) is 0 Å². The highest BCUT2D eigenvalue weighted by Gasteiger charge is 2.35. The molecule has 0 spiro atoms. The van der Waals surface area contributed by atoms with Gasteiger partial charge in [0.1, 0.15) is 0 Å². The Morgan fingerprint density at radius 3 is 2.46 bits per heavy atom. The van der Waals surface area contributed by atoms with E-state index in [0.717, 1.165) is 25.0 Å². The number of fused-ring (bicyclic) bond motifs is 1. The molecule has 1 aliphatic carbocycles. The van der Waals surface area contributed by atoms with Crippen LogP contribution in [-0.2, 0) is 4.74 Å². The second-order valence-electron chi connectivity index (χ2n) is 4.74. The minimum atomic E-state index is 0.944. The molecule has 0 bridgehead atoms. The van der Waals surface area contributed by atoms with Crippen LogP contribution < -0.4 is 0 Å². The highest BCUT2D eigenvalue weighted by Crippen LogP contribution is 2.42. The molecule has 0 aromatic rings. The zero-order chi connectivity index (χ0) is 8.93. The summed E-state index contributed by atoms with van der Waals surface area (Å²) in [6.45, 7) is 2.08. The largest absolute Gasteiger partial charge is 0.381 e. The molecule has 76 valence electrons. The molecule has 2 aliphatic rings. The molecule has 2 atom stereocenters. The Labute approximate surface area is 81.9 Å². The molecule has 1 heteroatoms. The fourth-order valence-corrected chi connectivity index (χ4v) is 2.42. The van der Waals surface area contributed by atoms with Crippen LogP contribution in [0.15, 0.2) is 0 Å². The van der Waals surface area contributed by atoms with Crippen molar-refractivity contribution in [2.24, 2.45) is 11.8 Å². The average Bonchev–Trinajstić information content (AvgIpc) is 2.83. The van der Waals surface area contributed by atoms with Crippen molar-refractivity contribution in [1.82, 2.24) is 0 Å². The van der Waals surface area contributed by atoms with E-state index in [9.17, 15) is 0 Å². The zero-order valence-corrected chi connectivity index (χ0v) is 8.63. The van der Waals surface area contributed by atoms with Crippen LogP contribution in [0.25, 0.3) is 0 Å². The maximum Gasteiger partial charge on any atom is 0.0497 e. The van der Waals surface area contributed by atoms with E-state index >= 15 is 0 Å². The van der Waals surface area contributed by atoms with Gasteiger partial charge in [-0.05, 0) is 24.7 Å². The van der Waals surface area contributed by atoms with Crippen molar-refractivity contribution in [3.63, 3.8) is 0 Å². The predicted molar refractivity (Wildman–Crippen MR) is 54.7 cm³/mol. The van der Waals surface area contributed by atoms with Gasteiger partial charge in [-0.15, -0.1) is 0 Å². The Morgan fingerprint density at radius 1 is 0.769 bits per heavy atom. The highest BCUT2D eigenvalue weighted by molar-refractivity contribution is 4.85. The van der Waals surface area contributed by atoms with Crippen molar-refractivity contribution < 1.29 is 4.74 Å². The second-order valence-corrected chi connectivity index (χ2v) is 4.74. The van der Waals surface area contributed by atoms with Gasteiger partial charge in [-0.3, -0.25) is 0 Å². The Bertz CT molecular complexity index is 128. The lowest BCUT2D eigenvalue weighted by molar-refractivity contribution is 0.116. The van der Waals surface area contributed by atoms with Gasteiger partial charge in [-0.1, -0.05) is 38.5 Å². The Hall–Kier alpha value is -0.0400. The molecule has 2 fully saturated rings. The lowest BCUT2D eigenvalue weighted by atomic mass is 10.1. The summed E-state index contributed by atoms with van der Waals surface area (Å²) in [6.07, 6.45) is 11.4. The normalized spacial score (nSPS) is 36.9. The zero-order valence-electron chi connectivity index (χ0n) is 8.63. The quantitative estimate of drug-likeness (QED) is 0.558. The predicted octanol–water partition coefficient (Wildman–Crippen LogP) is 3.38. The van der Waals surface area contributed by atoms with E-state index in [1.54, 1.807) is 0 Å². The van der Waals surface area contributed by atoms with Crippen molar-refractivity contribution in [2.75, 3.05) is 13.2 Å². The first-order valence-electron chi connectivity index (χ1n) is 6.04. The van der Waals surface area contributed by atoms with Crippen LogP contribution in [0.1, 0.15) is 51.4 Å². The average molecular weight is 182 g/mol. The molecule has 0 radical (unpaired) electrons. The molecule has 2 rings (SSSR count). The summed E-state index contributed by atoms with van der Waals surface area (Å²) in [5.41, 5.74) is 0. The van der Waals surface area contributed by atoms with Crippen LogP contribution >= 0.6 is 0 Å². The Balaban J connectivity index is 1.66. The Morgan fingerprint density at radius 2 is 1.54 bits per heavy atom. The molecule has 0 unspecified atom stereocenters. The molecule has 0 aromatic heterocycles. The van der Waals surface area contributed by atoms with Gasteiger partial charge < -0.3 is 4.74 Å². The van der Waals surface area contributed by atoms with E-state index in [1.807, 2.05) is 0 Å². The summed E-state index contributed by atoms with van der Waals surface area (Å²) in [4.78, 5) is 0. The third-order valence-electron chi connectivity index (χ3n) is 3.51. The summed E-state index contributed by atoms with van der Waals surface area (Å²) in [6, 6.07) is 0. The van der Waals surface area contributed by atoms with Crippen molar-refractivity contribution in [3.8, 4) is 0 Å². The summed E-state index contributed by atoms with van der Waals surface area (Å²) in [5.74, 6) is 1.99. The van der Waals surface area contributed by atoms with Gasteiger partial charge in [0, 0.05) is 13.2 Å². The number of rotatable bonds is 0. The lowest BCUT2D eigenvalue weighted by Gasteiger charge is -2.06.